The van der Waals surface area contributed by atoms with Crippen LogP contribution in [0.5, 0.6) is 0 Å². The number of rotatable bonds is 2. The van der Waals surface area contributed by atoms with Crippen LogP contribution < -0.4 is 0 Å². The summed E-state index contributed by atoms with van der Waals surface area (Å²) in [6.45, 7) is 2.43. The second kappa shape index (κ2) is 5.60. The van der Waals surface area contributed by atoms with Gasteiger partial charge in [-0.3, -0.25) is 0 Å². The number of hydrogen-bond acceptors (Lipinski definition) is 3. The zero-order chi connectivity index (χ0) is 11.4. The van der Waals surface area contributed by atoms with Crippen molar-refractivity contribution in [1.29, 1.82) is 0 Å². The van der Waals surface area contributed by atoms with Crippen LogP contribution in [-0.4, -0.2) is 35.2 Å². The van der Waals surface area contributed by atoms with Gasteiger partial charge in [0.25, 0.3) is 0 Å². The summed E-state index contributed by atoms with van der Waals surface area (Å²) in [7, 11) is 2.20. The maximum absolute atomic E-state index is 5.72. The number of aromatic nitrogens is 2. The van der Waals surface area contributed by atoms with Gasteiger partial charge in [-0.05, 0) is 63.9 Å². The van der Waals surface area contributed by atoms with Crippen LogP contribution in [0.2, 0.25) is 5.15 Å². The lowest BCUT2D eigenvalue weighted by atomic mass is 9.95. The molecule has 1 saturated heterocycles. The van der Waals surface area contributed by atoms with Crippen LogP contribution in [0.4, 0.5) is 0 Å². The highest BCUT2D eigenvalue weighted by Crippen LogP contribution is 2.20. The fraction of sp³-hybridized carbons (Fsp3) is 0.667. The largest absolute Gasteiger partial charge is 0.306 e. The molecule has 1 aromatic rings. The van der Waals surface area contributed by atoms with E-state index in [1.54, 1.807) is 0 Å². The first-order valence-electron chi connectivity index (χ1n) is 5.90. The lowest BCUT2D eigenvalue weighted by Crippen LogP contribution is -2.19. The van der Waals surface area contributed by atoms with Crippen molar-refractivity contribution in [3.63, 3.8) is 0 Å². The van der Waals surface area contributed by atoms with E-state index in [2.05, 4.69) is 22.1 Å². The topological polar surface area (TPSA) is 29.0 Å². The maximum atomic E-state index is 5.72. The molecular formula is C12H18ClN3. The predicted molar refractivity (Wildman–Crippen MR) is 65.6 cm³/mol. The van der Waals surface area contributed by atoms with E-state index >= 15 is 0 Å². The maximum Gasteiger partial charge on any atom is 0.151 e. The van der Waals surface area contributed by atoms with Gasteiger partial charge in [0.15, 0.2) is 5.15 Å². The summed E-state index contributed by atoms with van der Waals surface area (Å²) < 4.78 is 0. The van der Waals surface area contributed by atoms with Crippen molar-refractivity contribution in [2.75, 3.05) is 20.1 Å². The van der Waals surface area contributed by atoms with E-state index in [9.17, 15) is 0 Å². The second-order valence-electron chi connectivity index (χ2n) is 4.65. The quantitative estimate of drug-likeness (QED) is 0.794. The summed E-state index contributed by atoms with van der Waals surface area (Å²) in [4.78, 5) is 2.41. The summed E-state index contributed by atoms with van der Waals surface area (Å²) >= 11 is 5.72. The first-order chi connectivity index (χ1) is 7.74. The van der Waals surface area contributed by atoms with E-state index in [0.717, 1.165) is 18.0 Å². The van der Waals surface area contributed by atoms with Crippen molar-refractivity contribution in [3.8, 4) is 0 Å². The third kappa shape index (κ3) is 3.42. The Labute approximate surface area is 102 Å². The van der Waals surface area contributed by atoms with Gasteiger partial charge >= 0.3 is 0 Å². The van der Waals surface area contributed by atoms with E-state index in [1.807, 2.05) is 12.1 Å². The van der Waals surface area contributed by atoms with Crippen LogP contribution in [-0.2, 0) is 6.42 Å². The zero-order valence-corrected chi connectivity index (χ0v) is 10.5. The average molecular weight is 240 g/mol. The Balaban J connectivity index is 1.91. The molecule has 0 aliphatic carbocycles. The van der Waals surface area contributed by atoms with E-state index < -0.39 is 0 Å². The third-order valence-corrected chi connectivity index (χ3v) is 3.46. The van der Waals surface area contributed by atoms with Crippen LogP contribution in [0.1, 0.15) is 25.0 Å². The smallest absolute Gasteiger partial charge is 0.151 e. The normalized spacial score (nSPS) is 23.0. The van der Waals surface area contributed by atoms with Gasteiger partial charge in [-0.25, -0.2) is 0 Å². The second-order valence-corrected chi connectivity index (χ2v) is 5.04. The molecule has 1 aliphatic rings. The van der Waals surface area contributed by atoms with Crippen molar-refractivity contribution in [2.24, 2.45) is 5.92 Å². The van der Waals surface area contributed by atoms with Crippen molar-refractivity contribution >= 4 is 11.6 Å². The first-order valence-corrected chi connectivity index (χ1v) is 6.28. The van der Waals surface area contributed by atoms with Crippen LogP contribution in [0.3, 0.4) is 0 Å². The minimum Gasteiger partial charge on any atom is -0.306 e. The number of halogens is 1. The van der Waals surface area contributed by atoms with Gasteiger partial charge in [0.1, 0.15) is 0 Å². The van der Waals surface area contributed by atoms with Crippen LogP contribution in [0.15, 0.2) is 12.1 Å². The number of hydrogen-bond donors (Lipinski definition) is 0. The van der Waals surface area contributed by atoms with E-state index in [1.165, 1.54) is 32.4 Å². The fourth-order valence-corrected chi connectivity index (χ4v) is 2.36. The SMILES string of the molecule is CN1CCC[C@@H](Cc2ccc(Cl)nn2)CC1. The zero-order valence-electron chi connectivity index (χ0n) is 9.69. The van der Waals surface area contributed by atoms with Crippen LogP contribution in [0, 0.1) is 5.92 Å². The van der Waals surface area contributed by atoms with E-state index in [-0.39, 0.29) is 0 Å². The molecule has 0 radical (unpaired) electrons. The van der Waals surface area contributed by atoms with Gasteiger partial charge in [0.05, 0.1) is 5.69 Å². The molecule has 4 heteroatoms. The van der Waals surface area contributed by atoms with Gasteiger partial charge in [0, 0.05) is 0 Å². The Morgan fingerprint density at radius 3 is 2.94 bits per heavy atom. The van der Waals surface area contributed by atoms with Crippen molar-refractivity contribution < 1.29 is 0 Å². The summed E-state index contributed by atoms with van der Waals surface area (Å²) in [6, 6.07) is 3.82. The Morgan fingerprint density at radius 1 is 1.31 bits per heavy atom. The molecule has 88 valence electrons. The highest BCUT2D eigenvalue weighted by atomic mass is 35.5. The molecule has 0 amide bonds. The highest BCUT2D eigenvalue weighted by molar-refractivity contribution is 6.29. The molecule has 16 heavy (non-hydrogen) atoms. The van der Waals surface area contributed by atoms with Gasteiger partial charge in [0.2, 0.25) is 0 Å². The minimum absolute atomic E-state index is 0.476. The standard InChI is InChI=1S/C12H18ClN3/c1-16-7-2-3-10(6-8-16)9-11-4-5-12(13)15-14-11/h4-5,10H,2-3,6-9H2,1H3/t10-/m1/s1. The first kappa shape index (κ1) is 11.8. The monoisotopic (exact) mass is 239 g/mol. The van der Waals surface area contributed by atoms with Gasteiger partial charge in [-0.15, -0.1) is 5.10 Å². The summed E-state index contributed by atoms with van der Waals surface area (Å²) in [5.41, 5.74) is 1.07. The molecule has 0 aromatic carbocycles. The number of likely N-dealkylation sites (tertiary alicyclic amines) is 1. The fourth-order valence-electron chi connectivity index (χ4n) is 2.26. The van der Waals surface area contributed by atoms with Crippen molar-refractivity contribution in [1.82, 2.24) is 15.1 Å². The van der Waals surface area contributed by atoms with Crippen LogP contribution >= 0.6 is 11.6 Å². The summed E-state index contributed by atoms with van der Waals surface area (Å²) in [6.07, 6.45) is 4.90. The molecule has 0 bridgehead atoms. The lowest BCUT2D eigenvalue weighted by Gasteiger charge is -2.14. The van der Waals surface area contributed by atoms with Crippen molar-refractivity contribution in [3.05, 3.63) is 23.0 Å². The lowest BCUT2D eigenvalue weighted by molar-refractivity contribution is 0.341. The molecule has 0 saturated carbocycles. The predicted octanol–water partition coefficient (Wildman–Crippen LogP) is 2.40. The average Bonchev–Trinajstić information content (AvgIpc) is 2.47. The third-order valence-electron chi connectivity index (χ3n) is 3.26. The van der Waals surface area contributed by atoms with Gasteiger partial charge < -0.3 is 4.90 Å². The molecule has 2 rings (SSSR count). The Kier molecular flexibility index (Phi) is 4.13. The van der Waals surface area contributed by atoms with Gasteiger partial charge in [-0.2, -0.15) is 5.10 Å². The van der Waals surface area contributed by atoms with E-state index in [0.29, 0.717) is 5.15 Å². The highest BCUT2D eigenvalue weighted by Gasteiger charge is 2.15. The van der Waals surface area contributed by atoms with E-state index in [4.69, 9.17) is 11.6 Å². The molecule has 1 fully saturated rings. The molecule has 1 atom stereocenters. The Bertz CT molecular complexity index is 326. The summed E-state index contributed by atoms with van der Waals surface area (Å²) in [5.74, 6) is 0.750. The van der Waals surface area contributed by atoms with Gasteiger partial charge in [-0.1, -0.05) is 11.6 Å². The molecular weight excluding hydrogens is 222 g/mol. The Hall–Kier alpha value is -0.670. The molecule has 0 unspecified atom stereocenters. The Morgan fingerprint density at radius 2 is 2.19 bits per heavy atom. The molecule has 0 N–H and O–H groups in total. The van der Waals surface area contributed by atoms with Crippen LogP contribution in [0.25, 0.3) is 0 Å². The molecule has 0 spiro atoms. The number of nitrogens with zero attached hydrogens (tertiary/aromatic N) is 3. The minimum atomic E-state index is 0.476. The molecule has 1 aromatic heterocycles. The summed E-state index contributed by atoms with van der Waals surface area (Å²) in [5, 5.41) is 8.49. The molecule has 2 heterocycles. The molecule has 1 aliphatic heterocycles. The van der Waals surface area contributed by atoms with Crippen molar-refractivity contribution in [2.45, 2.75) is 25.7 Å². The molecule has 3 nitrogen and oxygen atoms in total.